The summed E-state index contributed by atoms with van der Waals surface area (Å²) in [5, 5.41) is 12.5. The molecule has 2 aromatic rings. The molecule has 0 unspecified atom stereocenters. The lowest BCUT2D eigenvalue weighted by Gasteiger charge is -2.05. The van der Waals surface area contributed by atoms with E-state index in [-0.39, 0.29) is 11.3 Å². The van der Waals surface area contributed by atoms with Crippen LogP contribution in [-0.2, 0) is 6.54 Å². The number of hydrogen-bond acceptors (Lipinski definition) is 4. The number of nitrogens with one attached hydrogen (secondary N) is 2. The number of rotatable bonds is 3. The number of fused-ring (bicyclic) bond motifs is 1. The van der Waals surface area contributed by atoms with Gasteiger partial charge in [0.2, 0.25) is 0 Å². The number of phenols is 1. The Morgan fingerprint density at radius 2 is 2.18 bits per heavy atom. The second-order valence-corrected chi connectivity index (χ2v) is 3.72. The van der Waals surface area contributed by atoms with Gasteiger partial charge in [-0.05, 0) is 19.2 Å². The average Bonchev–Trinajstić information content (AvgIpc) is 2.28. The van der Waals surface area contributed by atoms with Crippen molar-refractivity contribution in [1.82, 2.24) is 14.9 Å². The number of hydrogen-bond donors (Lipinski definition) is 3. The quantitative estimate of drug-likeness (QED) is 0.676. The van der Waals surface area contributed by atoms with Crippen molar-refractivity contribution < 1.29 is 5.11 Å². The van der Waals surface area contributed by atoms with E-state index in [9.17, 15) is 14.7 Å². The molecule has 90 valence electrons. The van der Waals surface area contributed by atoms with Crippen LogP contribution in [0.4, 0.5) is 0 Å². The van der Waals surface area contributed by atoms with Gasteiger partial charge in [0.1, 0.15) is 5.75 Å². The highest BCUT2D eigenvalue weighted by Gasteiger charge is 2.07. The third kappa shape index (κ3) is 2.07. The Morgan fingerprint density at radius 1 is 1.41 bits per heavy atom. The number of phenolic OH excluding ortho intramolecular Hbond substituents is 1. The highest BCUT2D eigenvalue weighted by Crippen LogP contribution is 2.13. The lowest BCUT2D eigenvalue weighted by Crippen LogP contribution is -2.37. The first-order valence-electron chi connectivity index (χ1n) is 5.24. The lowest BCUT2D eigenvalue weighted by atomic mass is 10.2. The number of nitrogens with zero attached hydrogens (tertiary/aromatic N) is 1. The second-order valence-electron chi connectivity index (χ2n) is 3.72. The molecule has 0 amide bonds. The average molecular weight is 235 g/mol. The van der Waals surface area contributed by atoms with Gasteiger partial charge in [-0.2, -0.15) is 0 Å². The Bertz CT molecular complexity index is 657. The topological polar surface area (TPSA) is 87.1 Å². The minimum absolute atomic E-state index is 0.0144. The first-order valence-corrected chi connectivity index (χ1v) is 5.24. The van der Waals surface area contributed by atoms with E-state index in [1.54, 1.807) is 7.05 Å². The largest absolute Gasteiger partial charge is 0.508 e. The van der Waals surface area contributed by atoms with Crippen molar-refractivity contribution in [3.8, 4) is 5.75 Å². The fourth-order valence-corrected chi connectivity index (χ4v) is 1.67. The van der Waals surface area contributed by atoms with Crippen LogP contribution in [0.2, 0.25) is 0 Å². The Hall–Kier alpha value is -2.08. The Kier molecular flexibility index (Phi) is 2.97. The highest BCUT2D eigenvalue weighted by atomic mass is 16.3. The molecule has 0 aliphatic heterocycles. The van der Waals surface area contributed by atoms with E-state index in [1.807, 2.05) is 0 Å². The summed E-state index contributed by atoms with van der Waals surface area (Å²) in [5.74, 6) is 0.0144. The monoisotopic (exact) mass is 235 g/mol. The molecule has 0 radical (unpaired) electrons. The summed E-state index contributed by atoms with van der Waals surface area (Å²) in [7, 11) is 1.75. The summed E-state index contributed by atoms with van der Waals surface area (Å²) in [6, 6.07) is 4.28. The molecule has 0 saturated heterocycles. The molecule has 0 spiro atoms. The molecule has 3 N–H and O–H groups in total. The second kappa shape index (κ2) is 4.42. The zero-order valence-electron chi connectivity index (χ0n) is 9.36. The summed E-state index contributed by atoms with van der Waals surface area (Å²) in [5.41, 5.74) is -0.469. The number of aromatic amines is 1. The first kappa shape index (κ1) is 11.4. The summed E-state index contributed by atoms with van der Waals surface area (Å²) >= 11 is 0. The summed E-state index contributed by atoms with van der Waals surface area (Å²) in [6.07, 6.45) is 0. The van der Waals surface area contributed by atoms with Crippen molar-refractivity contribution in [1.29, 1.82) is 0 Å². The number of aromatic nitrogens is 2. The van der Waals surface area contributed by atoms with Gasteiger partial charge in [-0.3, -0.25) is 9.36 Å². The molecular formula is C11H13N3O3. The maximum absolute atomic E-state index is 12.0. The van der Waals surface area contributed by atoms with Gasteiger partial charge in [-0.25, -0.2) is 4.79 Å². The van der Waals surface area contributed by atoms with Crippen LogP contribution in [0.25, 0.3) is 10.9 Å². The first-order chi connectivity index (χ1) is 8.13. The third-order valence-electron chi connectivity index (χ3n) is 2.55. The van der Waals surface area contributed by atoms with Crippen molar-refractivity contribution in [2.24, 2.45) is 0 Å². The molecular weight excluding hydrogens is 222 g/mol. The predicted molar refractivity (Wildman–Crippen MR) is 64.4 cm³/mol. The molecule has 1 aromatic carbocycles. The van der Waals surface area contributed by atoms with E-state index < -0.39 is 5.69 Å². The molecule has 0 bridgehead atoms. The van der Waals surface area contributed by atoms with E-state index in [1.165, 1.54) is 18.2 Å². The normalized spacial score (nSPS) is 10.9. The number of benzene rings is 1. The van der Waals surface area contributed by atoms with Crippen LogP contribution in [0.15, 0.2) is 27.8 Å². The standard InChI is InChI=1S/C11H13N3O3/c1-12-4-5-14-10(16)8-3-2-7(15)6-9(8)13-11(14)17/h2-3,6,12,15H,4-5H2,1H3,(H,13,17). The number of H-pyrrole nitrogens is 1. The van der Waals surface area contributed by atoms with Gasteiger partial charge in [0.05, 0.1) is 10.9 Å². The zero-order chi connectivity index (χ0) is 12.4. The van der Waals surface area contributed by atoms with Crippen molar-refractivity contribution in [2.75, 3.05) is 13.6 Å². The van der Waals surface area contributed by atoms with Crippen molar-refractivity contribution >= 4 is 10.9 Å². The van der Waals surface area contributed by atoms with Crippen molar-refractivity contribution in [3.05, 3.63) is 39.0 Å². The molecule has 17 heavy (non-hydrogen) atoms. The smallest absolute Gasteiger partial charge is 0.328 e. The van der Waals surface area contributed by atoms with Crippen molar-refractivity contribution in [3.63, 3.8) is 0 Å². The molecule has 6 heteroatoms. The molecule has 0 aliphatic carbocycles. The van der Waals surface area contributed by atoms with Gasteiger partial charge >= 0.3 is 5.69 Å². The molecule has 1 heterocycles. The van der Waals surface area contributed by atoms with Crippen LogP contribution in [0.1, 0.15) is 0 Å². The summed E-state index contributed by atoms with van der Waals surface area (Å²) in [6.45, 7) is 0.841. The van der Waals surface area contributed by atoms with Crippen LogP contribution < -0.4 is 16.6 Å². The predicted octanol–water partition coefficient (Wildman–Crippen LogP) is -0.385. The van der Waals surface area contributed by atoms with Gasteiger partial charge < -0.3 is 15.4 Å². The lowest BCUT2D eigenvalue weighted by molar-refractivity contribution is 0.476. The van der Waals surface area contributed by atoms with E-state index >= 15 is 0 Å². The van der Waals surface area contributed by atoms with Gasteiger partial charge in [0.25, 0.3) is 5.56 Å². The minimum Gasteiger partial charge on any atom is -0.508 e. The van der Waals surface area contributed by atoms with Crippen LogP contribution in [0.5, 0.6) is 5.75 Å². The fourth-order valence-electron chi connectivity index (χ4n) is 1.67. The van der Waals surface area contributed by atoms with Crippen molar-refractivity contribution in [2.45, 2.75) is 6.54 Å². The van der Waals surface area contributed by atoms with Gasteiger partial charge in [-0.15, -0.1) is 0 Å². The highest BCUT2D eigenvalue weighted by molar-refractivity contribution is 5.78. The SMILES string of the molecule is CNCCn1c(=O)[nH]c2cc(O)ccc2c1=O. The molecule has 0 fully saturated rings. The van der Waals surface area contributed by atoms with Crippen LogP contribution in [0.3, 0.4) is 0 Å². The summed E-state index contributed by atoms with van der Waals surface area (Å²) < 4.78 is 1.13. The van der Waals surface area contributed by atoms with Gasteiger partial charge in [0, 0.05) is 19.2 Å². The van der Waals surface area contributed by atoms with E-state index in [0.29, 0.717) is 24.0 Å². The van der Waals surface area contributed by atoms with E-state index in [2.05, 4.69) is 10.3 Å². The third-order valence-corrected chi connectivity index (χ3v) is 2.55. The molecule has 0 atom stereocenters. The molecule has 1 aromatic heterocycles. The number of aromatic hydroxyl groups is 1. The van der Waals surface area contributed by atoms with Crippen LogP contribution in [0, 0.1) is 0 Å². The maximum Gasteiger partial charge on any atom is 0.328 e. The maximum atomic E-state index is 12.0. The van der Waals surface area contributed by atoms with Gasteiger partial charge in [0.15, 0.2) is 0 Å². The van der Waals surface area contributed by atoms with Crippen LogP contribution in [-0.4, -0.2) is 28.3 Å². The molecule has 0 aliphatic rings. The van der Waals surface area contributed by atoms with E-state index in [4.69, 9.17) is 0 Å². The van der Waals surface area contributed by atoms with E-state index in [0.717, 1.165) is 4.57 Å². The summed E-state index contributed by atoms with van der Waals surface area (Å²) in [4.78, 5) is 26.2. The zero-order valence-corrected chi connectivity index (χ0v) is 9.36. The molecule has 0 saturated carbocycles. The number of likely N-dealkylation sites (N-methyl/N-ethyl adjacent to an activating group) is 1. The Morgan fingerprint density at radius 3 is 2.88 bits per heavy atom. The Balaban J connectivity index is 2.68. The fraction of sp³-hybridized carbons (Fsp3) is 0.273. The molecule has 2 rings (SSSR count). The Labute approximate surface area is 96.5 Å². The minimum atomic E-state index is -0.469. The molecule has 6 nitrogen and oxygen atoms in total. The van der Waals surface area contributed by atoms with Crippen LogP contribution >= 0.6 is 0 Å². The van der Waals surface area contributed by atoms with Gasteiger partial charge in [-0.1, -0.05) is 0 Å².